The summed E-state index contributed by atoms with van der Waals surface area (Å²) in [5, 5.41) is 0. The Morgan fingerprint density at radius 3 is 1.34 bits per heavy atom. The normalized spacial score (nSPS) is 12.8. The first-order valence-corrected chi connectivity index (χ1v) is 25.8. The van der Waals surface area contributed by atoms with Crippen molar-refractivity contribution < 1.29 is 0 Å². The lowest BCUT2D eigenvalue weighted by Gasteiger charge is -2.45. The third kappa shape index (κ3) is 8.31. The molecule has 354 valence electrons. The third-order valence-electron chi connectivity index (χ3n) is 15.0. The summed E-state index contributed by atoms with van der Waals surface area (Å²) >= 11 is 0. The second-order valence-electron chi connectivity index (χ2n) is 21.9. The Morgan fingerprint density at radius 1 is 0.342 bits per heavy atom. The van der Waals surface area contributed by atoms with E-state index in [0.29, 0.717) is 0 Å². The van der Waals surface area contributed by atoms with Gasteiger partial charge in [0.15, 0.2) is 0 Å². The predicted molar refractivity (Wildman–Crippen MR) is 314 cm³/mol. The van der Waals surface area contributed by atoms with Crippen molar-refractivity contribution in [2.75, 3.05) is 14.7 Å². The topological polar surface area (TPSA) is 9.72 Å². The molecule has 0 bridgehead atoms. The molecule has 0 saturated carbocycles. The molecule has 0 unspecified atom stereocenters. The molecule has 0 aliphatic carbocycles. The fourth-order valence-corrected chi connectivity index (χ4v) is 11.2. The Labute approximate surface area is 432 Å². The van der Waals surface area contributed by atoms with Gasteiger partial charge in [0, 0.05) is 51.1 Å². The standard InChI is InChI=1S/C69H60BN3/c1-47-42-65-67-66(43-47)73(62-41-31-51(48-20-12-8-13-21-48)44-59(62)50-28-32-53(33-29-50)68(2,3)4)63-45-52(49-22-14-9-15-23-49)30-39-60(63)70(67)61-40-38-58(71(55-24-16-10-17-25-55)56-26-18-11-19-27-56)46-64(61)72(65)57-36-34-54(35-37-57)69(5,6)7/h8-46H,1-7H3. The van der Waals surface area contributed by atoms with Gasteiger partial charge in [-0.25, -0.2) is 0 Å². The molecule has 73 heavy (non-hydrogen) atoms. The molecule has 0 amide bonds. The van der Waals surface area contributed by atoms with Crippen molar-refractivity contribution in [3.63, 3.8) is 0 Å². The molecule has 0 fully saturated rings. The highest BCUT2D eigenvalue weighted by Gasteiger charge is 2.44. The van der Waals surface area contributed by atoms with E-state index < -0.39 is 0 Å². The van der Waals surface area contributed by atoms with Crippen LogP contribution in [0.4, 0.5) is 51.2 Å². The Hall–Kier alpha value is -8.34. The van der Waals surface area contributed by atoms with Gasteiger partial charge < -0.3 is 14.7 Å². The summed E-state index contributed by atoms with van der Waals surface area (Å²) in [6.07, 6.45) is 0. The fraction of sp³-hybridized carbons (Fsp3) is 0.130. The SMILES string of the molecule is Cc1cc2c3c(c1)N(c1ccc(-c4ccccc4)cc1-c1ccc(C(C)(C)C)cc1)c1cc(-c4ccccc4)ccc1B3c1ccc(N(c3ccccc3)c3ccccc3)cc1N2c1ccc(C(C)(C)C)cc1. The van der Waals surface area contributed by atoms with Crippen LogP contribution in [0.3, 0.4) is 0 Å². The van der Waals surface area contributed by atoms with Crippen LogP contribution in [-0.2, 0) is 10.8 Å². The third-order valence-corrected chi connectivity index (χ3v) is 15.0. The monoisotopic (exact) mass is 941 g/mol. The van der Waals surface area contributed by atoms with E-state index in [-0.39, 0.29) is 17.5 Å². The number of para-hydroxylation sites is 2. The Balaban J connectivity index is 1.15. The van der Waals surface area contributed by atoms with Crippen LogP contribution in [0.25, 0.3) is 33.4 Å². The van der Waals surface area contributed by atoms with Crippen LogP contribution in [-0.4, -0.2) is 6.71 Å². The Kier molecular flexibility index (Phi) is 11.3. The molecule has 0 atom stereocenters. The van der Waals surface area contributed by atoms with Gasteiger partial charge in [-0.3, -0.25) is 0 Å². The number of nitrogens with zero attached hydrogens (tertiary/aromatic N) is 3. The van der Waals surface area contributed by atoms with Crippen LogP contribution >= 0.6 is 0 Å². The van der Waals surface area contributed by atoms with Crippen LogP contribution in [0.1, 0.15) is 58.2 Å². The lowest BCUT2D eigenvalue weighted by molar-refractivity contribution is 0.590. The molecule has 10 aromatic carbocycles. The summed E-state index contributed by atoms with van der Waals surface area (Å²) in [4.78, 5) is 7.53. The first-order valence-electron chi connectivity index (χ1n) is 25.8. The lowest BCUT2D eigenvalue weighted by Crippen LogP contribution is -2.61. The number of hydrogen-bond acceptors (Lipinski definition) is 3. The number of rotatable bonds is 8. The highest BCUT2D eigenvalue weighted by Crippen LogP contribution is 2.49. The number of anilines is 9. The number of fused-ring (bicyclic) bond motifs is 4. The molecule has 4 heteroatoms. The zero-order valence-electron chi connectivity index (χ0n) is 42.9. The Bertz CT molecular complexity index is 3590. The van der Waals surface area contributed by atoms with Crippen molar-refractivity contribution in [2.45, 2.75) is 59.3 Å². The summed E-state index contributed by atoms with van der Waals surface area (Å²) < 4.78 is 0. The van der Waals surface area contributed by atoms with Crippen LogP contribution in [0.2, 0.25) is 0 Å². The van der Waals surface area contributed by atoms with Gasteiger partial charge in [-0.15, -0.1) is 0 Å². The van der Waals surface area contributed by atoms with Gasteiger partial charge in [0.25, 0.3) is 6.71 Å². The molecule has 12 rings (SSSR count). The van der Waals surface area contributed by atoms with Gasteiger partial charge >= 0.3 is 0 Å². The second kappa shape index (κ2) is 18.1. The molecule has 0 spiro atoms. The molecule has 0 saturated heterocycles. The number of aryl methyl sites for hydroxylation is 1. The van der Waals surface area contributed by atoms with Crippen LogP contribution in [0.15, 0.2) is 237 Å². The van der Waals surface area contributed by atoms with E-state index in [1.807, 2.05) is 0 Å². The smallest absolute Gasteiger partial charge is 0.252 e. The van der Waals surface area contributed by atoms with Crippen molar-refractivity contribution in [1.29, 1.82) is 0 Å². The van der Waals surface area contributed by atoms with Crippen LogP contribution < -0.4 is 31.1 Å². The summed E-state index contributed by atoms with van der Waals surface area (Å²) in [5.74, 6) is 0. The van der Waals surface area contributed by atoms with Crippen LogP contribution in [0.5, 0.6) is 0 Å². The average molecular weight is 942 g/mol. The molecule has 2 heterocycles. The van der Waals surface area contributed by atoms with Gasteiger partial charge in [0.1, 0.15) is 0 Å². The molecule has 0 aromatic heterocycles. The summed E-state index contributed by atoms with van der Waals surface area (Å²) in [6, 6.07) is 88.2. The van der Waals surface area contributed by atoms with Crippen LogP contribution in [0, 0.1) is 6.92 Å². The van der Waals surface area contributed by atoms with Gasteiger partial charge in [-0.1, -0.05) is 199 Å². The van der Waals surface area contributed by atoms with E-state index in [1.54, 1.807) is 0 Å². The summed E-state index contributed by atoms with van der Waals surface area (Å²) in [6.45, 7) is 16.0. The van der Waals surface area contributed by atoms with E-state index in [0.717, 1.165) is 28.4 Å². The second-order valence-corrected chi connectivity index (χ2v) is 21.9. The fourth-order valence-electron chi connectivity index (χ4n) is 11.2. The maximum Gasteiger partial charge on any atom is 0.252 e. The highest BCUT2D eigenvalue weighted by atomic mass is 15.2. The van der Waals surface area contributed by atoms with E-state index >= 15 is 0 Å². The van der Waals surface area contributed by atoms with Crippen molar-refractivity contribution in [3.8, 4) is 33.4 Å². The molecule has 0 radical (unpaired) electrons. The number of benzene rings is 10. The lowest BCUT2D eigenvalue weighted by atomic mass is 9.33. The zero-order valence-corrected chi connectivity index (χ0v) is 42.9. The van der Waals surface area contributed by atoms with Gasteiger partial charge in [-0.05, 0) is 158 Å². The maximum absolute atomic E-state index is 2.60. The zero-order chi connectivity index (χ0) is 50.0. The molecular weight excluding hydrogens is 882 g/mol. The van der Waals surface area contributed by atoms with E-state index in [2.05, 4.69) is 300 Å². The van der Waals surface area contributed by atoms with Crippen molar-refractivity contribution in [1.82, 2.24) is 0 Å². The van der Waals surface area contributed by atoms with E-state index in [4.69, 9.17) is 0 Å². The van der Waals surface area contributed by atoms with Crippen molar-refractivity contribution in [3.05, 3.63) is 253 Å². The minimum atomic E-state index is -0.0594. The van der Waals surface area contributed by atoms with Crippen molar-refractivity contribution in [2.24, 2.45) is 0 Å². The first-order chi connectivity index (χ1) is 35.4. The largest absolute Gasteiger partial charge is 0.311 e. The van der Waals surface area contributed by atoms with Crippen molar-refractivity contribution >= 4 is 74.3 Å². The first kappa shape index (κ1) is 45.8. The van der Waals surface area contributed by atoms with E-state index in [1.165, 1.54) is 89.2 Å². The Morgan fingerprint density at radius 2 is 0.795 bits per heavy atom. The molecule has 0 N–H and O–H groups in total. The summed E-state index contributed by atoms with van der Waals surface area (Å²) in [5.41, 5.74) is 25.2. The molecule has 3 nitrogen and oxygen atoms in total. The number of hydrogen-bond donors (Lipinski definition) is 0. The highest BCUT2D eigenvalue weighted by molar-refractivity contribution is 7.00. The molecule has 10 aromatic rings. The predicted octanol–water partition coefficient (Wildman–Crippen LogP) is 17.1. The minimum absolute atomic E-state index is 0.00855. The van der Waals surface area contributed by atoms with Gasteiger partial charge in [0.05, 0.1) is 5.69 Å². The average Bonchev–Trinajstić information content (AvgIpc) is 3.41. The van der Waals surface area contributed by atoms with Gasteiger partial charge in [-0.2, -0.15) is 0 Å². The van der Waals surface area contributed by atoms with Gasteiger partial charge in [0.2, 0.25) is 0 Å². The molecule has 2 aliphatic heterocycles. The molecule has 2 aliphatic rings. The maximum atomic E-state index is 2.60. The quantitative estimate of drug-likeness (QED) is 0.141. The summed E-state index contributed by atoms with van der Waals surface area (Å²) in [7, 11) is 0. The molecular formula is C69H60BN3. The minimum Gasteiger partial charge on any atom is -0.311 e. The van der Waals surface area contributed by atoms with E-state index in [9.17, 15) is 0 Å².